The number of unbranched alkanes of at least 4 members (excludes halogenated alkanes) is 3. The largest absolute Gasteiger partial charge is 0.396 e. The van der Waals surface area contributed by atoms with Crippen molar-refractivity contribution in [2.24, 2.45) is 0 Å². The zero-order chi connectivity index (χ0) is 8.36. The smallest absolute Gasteiger partial charge is 0.0644 e. The van der Waals surface area contributed by atoms with Crippen LogP contribution in [0.5, 0.6) is 0 Å². The molecule has 0 heterocycles. The molecule has 0 aliphatic carbocycles. The Bertz CT molecular complexity index is 81.6. The molecule has 2 nitrogen and oxygen atoms in total. The van der Waals surface area contributed by atoms with E-state index in [0.717, 1.165) is 32.3 Å². The third-order valence-corrected chi connectivity index (χ3v) is 1.43. The van der Waals surface area contributed by atoms with Crippen molar-refractivity contribution in [1.29, 1.82) is 0 Å². The Morgan fingerprint density at radius 2 is 1.91 bits per heavy atom. The van der Waals surface area contributed by atoms with Gasteiger partial charge in [0.1, 0.15) is 0 Å². The average molecular weight is 158 g/mol. The lowest BCUT2D eigenvalue weighted by atomic mass is 10.2. The fourth-order valence-electron chi connectivity index (χ4n) is 0.836. The van der Waals surface area contributed by atoms with Crippen LogP contribution >= 0.6 is 0 Å². The monoisotopic (exact) mass is 158 g/mol. The fraction of sp³-hybridized carbons (Fsp3) is 0.778. The van der Waals surface area contributed by atoms with Crippen molar-refractivity contribution < 1.29 is 9.84 Å². The Morgan fingerprint density at radius 3 is 2.55 bits per heavy atom. The molecular weight excluding hydrogens is 140 g/mol. The molecule has 0 atom stereocenters. The summed E-state index contributed by atoms with van der Waals surface area (Å²) in [6, 6.07) is 0. The van der Waals surface area contributed by atoms with Crippen LogP contribution in [0.4, 0.5) is 0 Å². The van der Waals surface area contributed by atoms with Crippen LogP contribution in [0.1, 0.15) is 25.7 Å². The van der Waals surface area contributed by atoms with Crippen LogP contribution in [0.25, 0.3) is 0 Å². The highest BCUT2D eigenvalue weighted by Crippen LogP contribution is 1.98. The minimum absolute atomic E-state index is 0.313. The summed E-state index contributed by atoms with van der Waals surface area (Å²) in [5.41, 5.74) is 0. The first-order valence-corrected chi connectivity index (χ1v) is 4.21. The van der Waals surface area contributed by atoms with Crippen molar-refractivity contribution in [1.82, 2.24) is 0 Å². The molecule has 0 rings (SSSR count). The summed E-state index contributed by atoms with van der Waals surface area (Å²) in [6.07, 6.45) is 6.02. The van der Waals surface area contributed by atoms with E-state index in [2.05, 4.69) is 6.58 Å². The van der Waals surface area contributed by atoms with Gasteiger partial charge in [0, 0.05) is 13.2 Å². The number of rotatable bonds is 8. The van der Waals surface area contributed by atoms with Crippen molar-refractivity contribution >= 4 is 0 Å². The molecule has 0 saturated heterocycles. The van der Waals surface area contributed by atoms with Gasteiger partial charge in [0.05, 0.1) is 6.61 Å². The Morgan fingerprint density at radius 1 is 1.18 bits per heavy atom. The van der Waals surface area contributed by atoms with Gasteiger partial charge >= 0.3 is 0 Å². The minimum Gasteiger partial charge on any atom is -0.396 e. The van der Waals surface area contributed by atoms with Gasteiger partial charge in [-0.3, -0.25) is 0 Å². The Balaban J connectivity index is 2.74. The predicted octanol–water partition coefficient (Wildman–Crippen LogP) is 1.74. The number of aliphatic hydroxyl groups is 1. The Kier molecular flexibility index (Phi) is 9.36. The van der Waals surface area contributed by atoms with Gasteiger partial charge in [-0.2, -0.15) is 0 Å². The summed E-state index contributed by atoms with van der Waals surface area (Å²) < 4.78 is 5.18. The highest BCUT2D eigenvalue weighted by Gasteiger charge is 1.88. The SMILES string of the molecule is C=CCOCCCCCCO. The Labute approximate surface area is 68.9 Å². The molecule has 0 fully saturated rings. The van der Waals surface area contributed by atoms with E-state index in [0.29, 0.717) is 13.2 Å². The highest BCUT2D eigenvalue weighted by atomic mass is 16.5. The average Bonchev–Trinajstić information content (AvgIpc) is 2.03. The summed E-state index contributed by atoms with van der Waals surface area (Å²) >= 11 is 0. The maximum Gasteiger partial charge on any atom is 0.0644 e. The highest BCUT2D eigenvalue weighted by molar-refractivity contribution is 4.63. The topological polar surface area (TPSA) is 29.5 Å². The molecule has 0 aliphatic heterocycles. The molecule has 0 aromatic carbocycles. The van der Waals surface area contributed by atoms with Crippen molar-refractivity contribution in [2.75, 3.05) is 19.8 Å². The molecule has 0 aromatic rings. The first kappa shape index (κ1) is 10.7. The molecule has 0 saturated carbocycles. The van der Waals surface area contributed by atoms with Crippen molar-refractivity contribution in [3.63, 3.8) is 0 Å². The van der Waals surface area contributed by atoms with Crippen LogP contribution in [0.2, 0.25) is 0 Å². The molecule has 2 heteroatoms. The van der Waals surface area contributed by atoms with E-state index in [9.17, 15) is 0 Å². The summed E-state index contributed by atoms with van der Waals surface area (Å²) in [5.74, 6) is 0. The van der Waals surface area contributed by atoms with E-state index in [1.165, 1.54) is 0 Å². The number of hydrogen-bond donors (Lipinski definition) is 1. The van der Waals surface area contributed by atoms with E-state index < -0.39 is 0 Å². The molecule has 0 aromatic heterocycles. The van der Waals surface area contributed by atoms with Crippen LogP contribution in [0.15, 0.2) is 12.7 Å². The molecule has 0 aliphatic rings. The van der Waals surface area contributed by atoms with Crippen LogP contribution in [-0.4, -0.2) is 24.9 Å². The van der Waals surface area contributed by atoms with Crippen LogP contribution in [0, 0.1) is 0 Å². The van der Waals surface area contributed by atoms with Gasteiger partial charge in [-0.25, -0.2) is 0 Å². The number of aliphatic hydroxyl groups excluding tert-OH is 1. The van der Waals surface area contributed by atoms with E-state index in [1.807, 2.05) is 0 Å². The van der Waals surface area contributed by atoms with Gasteiger partial charge in [0.25, 0.3) is 0 Å². The standard InChI is InChI=1S/C9H18O2/c1-2-8-11-9-6-4-3-5-7-10/h2,10H,1,3-9H2. The molecule has 0 radical (unpaired) electrons. The van der Waals surface area contributed by atoms with Crippen molar-refractivity contribution in [2.45, 2.75) is 25.7 Å². The van der Waals surface area contributed by atoms with E-state index in [-0.39, 0.29) is 0 Å². The van der Waals surface area contributed by atoms with Gasteiger partial charge in [0.15, 0.2) is 0 Å². The van der Waals surface area contributed by atoms with Gasteiger partial charge in [-0.1, -0.05) is 18.9 Å². The summed E-state index contributed by atoms with van der Waals surface area (Å²) in [4.78, 5) is 0. The second kappa shape index (κ2) is 9.66. The van der Waals surface area contributed by atoms with Crippen LogP contribution in [-0.2, 0) is 4.74 Å². The first-order valence-electron chi connectivity index (χ1n) is 4.21. The van der Waals surface area contributed by atoms with Gasteiger partial charge in [-0.05, 0) is 12.8 Å². The number of hydrogen-bond acceptors (Lipinski definition) is 2. The predicted molar refractivity (Wildman–Crippen MR) is 46.6 cm³/mol. The third kappa shape index (κ3) is 9.66. The maximum absolute atomic E-state index is 8.46. The number of ether oxygens (including phenoxy) is 1. The van der Waals surface area contributed by atoms with Gasteiger partial charge in [-0.15, -0.1) is 6.58 Å². The molecule has 0 bridgehead atoms. The van der Waals surface area contributed by atoms with Gasteiger partial charge < -0.3 is 9.84 Å². The van der Waals surface area contributed by atoms with E-state index in [4.69, 9.17) is 9.84 Å². The molecule has 11 heavy (non-hydrogen) atoms. The first-order chi connectivity index (χ1) is 5.41. The third-order valence-electron chi connectivity index (χ3n) is 1.43. The fourth-order valence-corrected chi connectivity index (χ4v) is 0.836. The molecule has 1 N–H and O–H groups in total. The molecule has 0 spiro atoms. The summed E-state index contributed by atoms with van der Waals surface area (Å²) in [7, 11) is 0. The zero-order valence-electron chi connectivity index (χ0n) is 7.09. The van der Waals surface area contributed by atoms with E-state index >= 15 is 0 Å². The lowest BCUT2D eigenvalue weighted by Gasteiger charge is -1.99. The molecular formula is C9H18O2. The maximum atomic E-state index is 8.46. The Hall–Kier alpha value is -0.340. The quantitative estimate of drug-likeness (QED) is 0.430. The normalized spacial score (nSPS) is 9.91. The summed E-state index contributed by atoms with van der Waals surface area (Å²) in [6.45, 7) is 5.33. The molecule has 0 amide bonds. The second-order valence-corrected chi connectivity index (χ2v) is 2.50. The van der Waals surface area contributed by atoms with Crippen molar-refractivity contribution in [3.8, 4) is 0 Å². The summed E-state index contributed by atoms with van der Waals surface area (Å²) in [5, 5.41) is 8.46. The molecule has 0 unspecified atom stereocenters. The lowest BCUT2D eigenvalue weighted by Crippen LogP contribution is -1.94. The van der Waals surface area contributed by atoms with Crippen LogP contribution < -0.4 is 0 Å². The second-order valence-electron chi connectivity index (χ2n) is 2.50. The van der Waals surface area contributed by atoms with E-state index in [1.54, 1.807) is 6.08 Å². The zero-order valence-corrected chi connectivity index (χ0v) is 7.09. The van der Waals surface area contributed by atoms with Crippen molar-refractivity contribution in [3.05, 3.63) is 12.7 Å². The lowest BCUT2D eigenvalue weighted by molar-refractivity contribution is 0.156. The minimum atomic E-state index is 0.313. The van der Waals surface area contributed by atoms with Gasteiger partial charge in [0.2, 0.25) is 0 Å². The molecule has 66 valence electrons. The van der Waals surface area contributed by atoms with Crippen LogP contribution in [0.3, 0.4) is 0 Å².